The van der Waals surface area contributed by atoms with Gasteiger partial charge in [-0.1, -0.05) is 37.6 Å². The molecule has 10 heavy (non-hydrogen) atoms. The van der Waals surface area contributed by atoms with E-state index in [0.29, 0.717) is 6.54 Å². The van der Waals surface area contributed by atoms with E-state index in [0.717, 1.165) is 12.8 Å². The Kier molecular flexibility index (Phi) is 6.19. The molecule has 0 unspecified atom stereocenters. The van der Waals surface area contributed by atoms with Gasteiger partial charge in [0.2, 0.25) is 0 Å². The predicted molar refractivity (Wildman–Crippen MR) is 46.9 cm³/mol. The van der Waals surface area contributed by atoms with Gasteiger partial charge in [0, 0.05) is 6.54 Å². The molecule has 0 spiro atoms. The van der Waals surface area contributed by atoms with Crippen LogP contribution < -0.4 is 5.73 Å². The number of nitrogens with two attached hydrogens (primary N) is 1. The topological polar surface area (TPSA) is 26.0 Å². The third-order valence-corrected chi connectivity index (χ3v) is 1.34. The monoisotopic (exact) mass is 139 g/mol. The van der Waals surface area contributed by atoms with E-state index in [-0.39, 0.29) is 0 Å². The summed E-state index contributed by atoms with van der Waals surface area (Å²) >= 11 is 0. The summed E-state index contributed by atoms with van der Waals surface area (Å²) in [6, 6.07) is 0. The van der Waals surface area contributed by atoms with Crippen LogP contribution >= 0.6 is 0 Å². The quantitative estimate of drug-likeness (QED) is 0.594. The van der Waals surface area contributed by atoms with E-state index in [1.807, 2.05) is 6.08 Å². The second-order valence-electron chi connectivity index (χ2n) is 2.18. The molecule has 0 atom stereocenters. The Balaban J connectivity index is 3.82. The van der Waals surface area contributed by atoms with Gasteiger partial charge in [-0.2, -0.15) is 0 Å². The second kappa shape index (κ2) is 6.56. The van der Waals surface area contributed by atoms with Gasteiger partial charge in [0.25, 0.3) is 0 Å². The first kappa shape index (κ1) is 9.44. The van der Waals surface area contributed by atoms with Gasteiger partial charge in [-0.3, -0.25) is 0 Å². The molecule has 1 nitrogen and oxygen atoms in total. The lowest BCUT2D eigenvalue weighted by Crippen LogP contribution is -1.92. The maximum absolute atomic E-state index is 5.31. The minimum atomic E-state index is 0.640. The highest BCUT2D eigenvalue weighted by atomic mass is 14.5. The van der Waals surface area contributed by atoms with Crippen LogP contribution in [0.3, 0.4) is 0 Å². The smallest absolute Gasteiger partial charge is 0.0110 e. The van der Waals surface area contributed by atoms with Crippen molar-refractivity contribution in [3.8, 4) is 0 Å². The molecule has 0 aliphatic carbocycles. The molecule has 0 aromatic heterocycles. The number of allylic oxidation sites excluding steroid dienone is 3. The van der Waals surface area contributed by atoms with E-state index in [4.69, 9.17) is 5.73 Å². The van der Waals surface area contributed by atoms with Crippen LogP contribution in [-0.2, 0) is 0 Å². The molecular formula is C9H17N. The first-order chi connectivity index (χ1) is 4.85. The zero-order valence-electron chi connectivity index (χ0n) is 6.93. The lowest BCUT2D eigenvalue weighted by molar-refractivity contribution is 1.09. The molecule has 0 amide bonds. The first-order valence-electron chi connectivity index (χ1n) is 3.90. The van der Waals surface area contributed by atoms with Gasteiger partial charge in [0.05, 0.1) is 0 Å². The lowest BCUT2D eigenvalue weighted by Gasteiger charge is -1.93. The van der Waals surface area contributed by atoms with Crippen molar-refractivity contribution in [2.24, 2.45) is 5.73 Å². The molecule has 0 aliphatic rings. The molecule has 0 rings (SSSR count). The van der Waals surface area contributed by atoms with Crippen molar-refractivity contribution < 1.29 is 0 Å². The number of hydrogen-bond donors (Lipinski definition) is 1. The fourth-order valence-electron chi connectivity index (χ4n) is 0.812. The molecule has 1 heteroatoms. The van der Waals surface area contributed by atoms with Gasteiger partial charge in [-0.25, -0.2) is 0 Å². The zero-order chi connectivity index (χ0) is 7.82. The number of hydrogen-bond acceptors (Lipinski definition) is 1. The highest BCUT2D eigenvalue weighted by Crippen LogP contribution is 2.02. The van der Waals surface area contributed by atoms with E-state index in [1.54, 1.807) is 0 Å². The molecule has 0 heterocycles. The van der Waals surface area contributed by atoms with Gasteiger partial charge in [-0.15, -0.1) is 0 Å². The molecular weight excluding hydrogens is 122 g/mol. The third-order valence-electron chi connectivity index (χ3n) is 1.34. The SMILES string of the molecule is CC/C=C(/C=C/CN)CC. The molecule has 0 fully saturated rings. The van der Waals surface area contributed by atoms with Gasteiger partial charge in [0.15, 0.2) is 0 Å². The molecule has 58 valence electrons. The van der Waals surface area contributed by atoms with Crippen molar-refractivity contribution >= 4 is 0 Å². The van der Waals surface area contributed by atoms with Crippen molar-refractivity contribution in [3.05, 3.63) is 23.8 Å². The maximum atomic E-state index is 5.31. The fraction of sp³-hybridized carbons (Fsp3) is 0.556. The molecule has 0 aromatic rings. The summed E-state index contributed by atoms with van der Waals surface area (Å²) in [5.74, 6) is 0. The molecule has 2 N–H and O–H groups in total. The summed E-state index contributed by atoms with van der Waals surface area (Å²) < 4.78 is 0. The molecule has 0 radical (unpaired) electrons. The third kappa shape index (κ3) is 4.33. The van der Waals surface area contributed by atoms with Crippen LogP contribution in [0.4, 0.5) is 0 Å². The summed E-state index contributed by atoms with van der Waals surface area (Å²) in [5, 5.41) is 0. The highest BCUT2D eigenvalue weighted by molar-refractivity contribution is 5.17. The van der Waals surface area contributed by atoms with Crippen molar-refractivity contribution in [1.29, 1.82) is 0 Å². The van der Waals surface area contributed by atoms with E-state index >= 15 is 0 Å². The Morgan fingerprint density at radius 1 is 1.40 bits per heavy atom. The van der Waals surface area contributed by atoms with Gasteiger partial charge in [-0.05, 0) is 12.8 Å². The summed E-state index contributed by atoms with van der Waals surface area (Å²) in [4.78, 5) is 0. The van der Waals surface area contributed by atoms with Gasteiger partial charge >= 0.3 is 0 Å². The average molecular weight is 139 g/mol. The summed E-state index contributed by atoms with van der Waals surface area (Å²) in [6.07, 6.45) is 8.53. The predicted octanol–water partition coefficient (Wildman–Crippen LogP) is 2.25. The van der Waals surface area contributed by atoms with Crippen LogP contribution in [0.5, 0.6) is 0 Å². The van der Waals surface area contributed by atoms with Crippen molar-refractivity contribution in [2.75, 3.05) is 6.54 Å². The summed E-state index contributed by atoms with van der Waals surface area (Å²) in [6.45, 7) is 4.94. The first-order valence-corrected chi connectivity index (χ1v) is 3.90. The van der Waals surface area contributed by atoms with E-state index in [1.165, 1.54) is 5.57 Å². The Hall–Kier alpha value is -0.560. The Morgan fingerprint density at radius 3 is 2.50 bits per heavy atom. The van der Waals surface area contributed by atoms with Crippen LogP contribution in [0.15, 0.2) is 23.8 Å². The van der Waals surface area contributed by atoms with Crippen LogP contribution in [0.1, 0.15) is 26.7 Å². The van der Waals surface area contributed by atoms with Crippen LogP contribution in [0.25, 0.3) is 0 Å². The molecule has 0 bridgehead atoms. The van der Waals surface area contributed by atoms with Gasteiger partial charge in [0.1, 0.15) is 0 Å². The molecule has 0 saturated heterocycles. The van der Waals surface area contributed by atoms with Gasteiger partial charge < -0.3 is 5.73 Å². The summed E-state index contributed by atoms with van der Waals surface area (Å²) in [7, 11) is 0. The minimum Gasteiger partial charge on any atom is -0.327 e. The van der Waals surface area contributed by atoms with Crippen LogP contribution in [0, 0.1) is 0 Å². The van der Waals surface area contributed by atoms with Crippen LogP contribution in [-0.4, -0.2) is 6.54 Å². The van der Waals surface area contributed by atoms with Crippen molar-refractivity contribution in [2.45, 2.75) is 26.7 Å². The highest BCUT2D eigenvalue weighted by Gasteiger charge is 1.83. The largest absolute Gasteiger partial charge is 0.327 e. The summed E-state index contributed by atoms with van der Waals surface area (Å²) in [5.41, 5.74) is 6.70. The normalized spacial score (nSPS) is 12.9. The standard InChI is InChI=1S/C9H17N/c1-3-6-9(4-2)7-5-8-10/h5-7H,3-4,8,10H2,1-2H3/b7-5+,9-6+. The molecule has 0 aromatic carbocycles. The molecule has 0 saturated carbocycles. The van der Waals surface area contributed by atoms with E-state index in [9.17, 15) is 0 Å². The Bertz CT molecular complexity index is 123. The number of rotatable bonds is 4. The second-order valence-corrected chi connectivity index (χ2v) is 2.18. The Labute approximate surface area is 63.6 Å². The van der Waals surface area contributed by atoms with E-state index < -0.39 is 0 Å². The maximum Gasteiger partial charge on any atom is 0.0110 e. The fourth-order valence-corrected chi connectivity index (χ4v) is 0.812. The zero-order valence-corrected chi connectivity index (χ0v) is 6.93. The minimum absolute atomic E-state index is 0.640. The Morgan fingerprint density at radius 2 is 2.10 bits per heavy atom. The lowest BCUT2D eigenvalue weighted by atomic mass is 10.1. The average Bonchev–Trinajstić information content (AvgIpc) is 1.98. The van der Waals surface area contributed by atoms with Crippen LogP contribution in [0.2, 0.25) is 0 Å². The van der Waals surface area contributed by atoms with Crippen molar-refractivity contribution in [3.63, 3.8) is 0 Å². The van der Waals surface area contributed by atoms with E-state index in [2.05, 4.69) is 26.0 Å². The van der Waals surface area contributed by atoms with Crippen molar-refractivity contribution in [1.82, 2.24) is 0 Å². The molecule has 0 aliphatic heterocycles.